The lowest BCUT2D eigenvalue weighted by Gasteiger charge is -2.23. The summed E-state index contributed by atoms with van der Waals surface area (Å²) in [4.78, 5) is 49.2. The van der Waals surface area contributed by atoms with Gasteiger partial charge in [0.05, 0.1) is 21.3 Å². The Labute approximate surface area is 252 Å². The Morgan fingerprint density at radius 3 is 1.51 bits per heavy atom. The number of methoxy groups -OCH3 is 3. The van der Waals surface area contributed by atoms with Gasteiger partial charge in [-0.05, 0) is 76.9 Å². The summed E-state index contributed by atoms with van der Waals surface area (Å²) in [5, 5.41) is 5.10. The molecule has 0 aromatic heterocycles. The average Bonchev–Trinajstić information content (AvgIpc) is 2.90. The van der Waals surface area contributed by atoms with Crippen molar-refractivity contribution in [1.29, 1.82) is 0 Å². The number of hydrogen-bond donors (Lipinski definition) is 2. The van der Waals surface area contributed by atoms with Crippen LogP contribution in [0.5, 0.6) is 17.2 Å². The van der Waals surface area contributed by atoms with E-state index in [1.807, 2.05) is 0 Å². The van der Waals surface area contributed by atoms with Crippen molar-refractivity contribution in [1.82, 2.24) is 10.6 Å². The first kappa shape index (κ1) is 34.7. The average molecular weight is 603 g/mol. The van der Waals surface area contributed by atoms with Gasteiger partial charge in [0.15, 0.2) is 11.5 Å². The van der Waals surface area contributed by atoms with Crippen LogP contribution in [0.3, 0.4) is 0 Å². The van der Waals surface area contributed by atoms with Gasteiger partial charge in [0, 0.05) is 12.8 Å². The number of carbonyl (C=O) groups excluding carboxylic acids is 4. The summed E-state index contributed by atoms with van der Waals surface area (Å²) in [6, 6.07) is 10.0. The van der Waals surface area contributed by atoms with E-state index >= 15 is 0 Å². The predicted octanol–water partition coefficient (Wildman–Crippen LogP) is 4.71. The van der Waals surface area contributed by atoms with Crippen molar-refractivity contribution in [2.75, 3.05) is 21.3 Å². The van der Waals surface area contributed by atoms with Crippen LogP contribution in [0.15, 0.2) is 42.5 Å². The quantitative estimate of drug-likeness (QED) is 0.274. The number of alkyl carbamates (subject to hydrolysis) is 2. The normalized spacial score (nSPS) is 12.7. The Balaban J connectivity index is 2.19. The summed E-state index contributed by atoms with van der Waals surface area (Å²) in [6.07, 6.45) is -1.22. The number of hydrogen-bond acceptors (Lipinski definition) is 10. The van der Waals surface area contributed by atoms with Crippen LogP contribution in [-0.2, 0) is 41.4 Å². The predicted molar refractivity (Wildman–Crippen MR) is 157 cm³/mol. The van der Waals surface area contributed by atoms with E-state index < -0.39 is 47.4 Å². The van der Waals surface area contributed by atoms with Crippen LogP contribution in [-0.4, -0.2) is 68.7 Å². The Bertz CT molecular complexity index is 1260. The molecule has 236 valence electrons. The summed E-state index contributed by atoms with van der Waals surface area (Å²) in [7, 11) is 3.97. The second-order valence-corrected chi connectivity index (χ2v) is 11.6. The Morgan fingerprint density at radius 2 is 1.09 bits per heavy atom. The molecule has 0 fully saturated rings. The molecule has 2 aromatic rings. The summed E-state index contributed by atoms with van der Waals surface area (Å²) in [5.41, 5.74) is -0.0747. The summed E-state index contributed by atoms with van der Waals surface area (Å²) in [6.45, 7) is 10.3. The summed E-state index contributed by atoms with van der Waals surface area (Å²) < 4.78 is 31.7. The second kappa shape index (κ2) is 15.1. The first-order chi connectivity index (χ1) is 20.0. The highest BCUT2D eigenvalue weighted by atomic mass is 16.6. The molecule has 12 nitrogen and oxygen atoms in total. The fourth-order valence-corrected chi connectivity index (χ4v) is 3.79. The van der Waals surface area contributed by atoms with Gasteiger partial charge in [-0.1, -0.05) is 18.2 Å². The smallest absolute Gasteiger partial charge is 0.408 e. The van der Waals surface area contributed by atoms with Gasteiger partial charge in [-0.2, -0.15) is 0 Å². The highest BCUT2D eigenvalue weighted by molar-refractivity contribution is 5.82. The zero-order valence-corrected chi connectivity index (χ0v) is 26.2. The van der Waals surface area contributed by atoms with E-state index in [4.69, 9.17) is 28.4 Å². The Kier molecular flexibility index (Phi) is 12.2. The van der Waals surface area contributed by atoms with Gasteiger partial charge in [-0.3, -0.25) is 0 Å². The molecular formula is C31H42N2O10. The Hall–Kier alpha value is -4.48. The first-order valence-electron chi connectivity index (χ1n) is 13.6. The maximum atomic E-state index is 12.4. The number of ether oxygens (including phenoxy) is 6. The second-order valence-electron chi connectivity index (χ2n) is 11.6. The van der Waals surface area contributed by atoms with Crippen LogP contribution < -0.4 is 20.1 Å². The van der Waals surface area contributed by atoms with Crippen molar-refractivity contribution in [3.05, 3.63) is 53.6 Å². The van der Waals surface area contributed by atoms with Crippen molar-refractivity contribution in [3.8, 4) is 17.2 Å². The van der Waals surface area contributed by atoms with Crippen molar-refractivity contribution in [3.63, 3.8) is 0 Å². The fourth-order valence-electron chi connectivity index (χ4n) is 3.79. The van der Waals surface area contributed by atoms with E-state index in [-0.39, 0.29) is 12.8 Å². The molecule has 0 saturated heterocycles. The monoisotopic (exact) mass is 602 g/mol. The third-order valence-corrected chi connectivity index (χ3v) is 5.61. The van der Waals surface area contributed by atoms with E-state index in [0.29, 0.717) is 22.8 Å². The molecule has 0 heterocycles. The van der Waals surface area contributed by atoms with Crippen molar-refractivity contribution < 1.29 is 47.6 Å². The van der Waals surface area contributed by atoms with Crippen molar-refractivity contribution >= 4 is 24.1 Å². The molecule has 0 radical (unpaired) electrons. The topological polar surface area (TPSA) is 148 Å². The molecular weight excluding hydrogens is 560 g/mol. The lowest BCUT2D eigenvalue weighted by atomic mass is 10.0. The van der Waals surface area contributed by atoms with E-state index in [1.165, 1.54) is 21.3 Å². The maximum absolute atomic E-state index is 12.4. The molecule has 0 aliphatic rings. The van der Waals surface area contributed by atoms with E-state index in [2.05, 4.69) is 10.6 Å². The third kappa shape index (κ3) is 12.1. The minimum absolute atomic E-state index is 0.102. The standard InChI is InChI=1S/C31H42N2O10/c1-30(2,3)42-28(36)32-22(26(34)39-8)16-19-10-13-21(14-11-19)41-25-18-20(12-15-24(25)38-7)17-23(27(35)40-9)33-29(37)43-31(4,5)6/h10-15,18,22-23H,16-17H2,1-9H3,(H,32,36)(H,33,37)/t22-,23-/m1/s1. The molecule has 0 unspecified atom stereocenters. The van der Waals surface area contributed by atoms with Crippen LogP contribution in [0, 0.1) is 0 Å². The van der Waals surface area contributed by atoms with Crippen molar-refractivity contribution in [2.24, 2.45) is 0 Å². The summed E-state index contributed by atoms with van der Waals surface area (Å²) in [5.74, 6) is 0.0261. The van der Waals surface area contributed by atoms with Gasteiger partial charge in [0.25, 0.3) is 0 Å². The minimum Gasteiger partial charge on any atom is -0.493 e. The van der Waals surface area contributed by atoms with Crippen LogP contribution in [0.1, 0.15) is 52.7 Å². The van der Waals surface area contributed by atoms with Crippen molar-refractivity contribution in [2.45, 2.75) is 77.7 Å². The number of benzene rings is 2. The number of carbonyl (C=O) groups is 4. The lowest BCUT2D eigenvalue weighted by Crippen LogP contribution is -2.45. The lowest BCUT2D eigenvalue weighted by molar-refractivity contribution is -0.143. The number of amides is 2. The molecule has 2 aromatic carbocycles. The highest BCUT2D eigenvalue weighted by Gasteiger charge is 2.27. The van der Waals surface area contributed by atoms with E-state index in [1.54, 1.807) is 84.0 Å². The molecule has 2 amide bonds. The third-order valence-electron chi connectivity index (χ3n) is 5.61. The number of nitrogens with one attached hydrogen (secondary N) is 2. The zero-order valence-electron chi connectivity index (χ0n) is 26.2. The van der Waals surface area contributed by atoms with Gasteiger partial charge in [-0.15, -0.1) is 0 Å². The van der Waals surface area contributed by atoms with Crippen LogP contribution in [0.25, 0.3) is 0 Å². The number of esters is 2. The molecule has 0 aliphatic carbocycles. The van der Waals surface area contributed by atoms with Gasteiger partial charge >= 0.3 is 24.1 Å². The molecule has 0 spiro atoms. The molecule has 2 rings (SSSR count). The highest BCUT2D eigenvalue weighted by Crippen LogP contribution is 2.33. The van der Waals surface area contributed by atoms with E-state index in [0.717, 1.165) is 5.56 Å². The Morgan fingerprint density at radius 1 is 0.651 bits per heavy atom. The van der Waals surface area contributed by atoms with Gasteiger partial charge < -0.3 is 39.1 Å². The van der Waals surface area contributed by atoms with Crippen LogP contribution >= 0.6 is 0 Å². The molecule has 2 N–H and O–H groups in total. The minimum atomic E-state index is -1.00. The first-order valence-corrected chi connectivity index (χ1v) is 13.6. The van der Waals surface area contributed by atoms with Gasteiger partial charge in [0.1, 0.15) is 29.0 Å². The molecule has 0 bridgehead atoms. The number of rotatable bonds is 11. The largest absolute Gasteiger partial charge is 0.493 e. The zero-order chi connectivity index (χ0) is 32.4. The molecule has 12 heteroatoms. The van der Waals surface area contributed by atoms with Crippen LogP contribution in [0.4, 0.5) is 9.59 Å². The molecule has 2 atom stereocenters. The van der Waals surface area contributed by atoms with Gasteiger partial charge in [-0.25, -0.2) is 19.2 Å². The SMILES string of the molecule is COC(=O)[C@@H](Cc1ccc(Oc2cc(C[C@@H](NC(=O)OC(C)(C)C)C(=O)OC)ccc2OC)cc1)NC(=O)OC(C)(C)C. The van der Waals surface area contributed by atoms with E-state index in [9.17, 15) is 19.2 Å². The summed E-state index contributed by atoms with van der Waals surface area (Å²) >= 11 is 0. The maximum Gasteiger partial charge on any atom is 0.408 e. The fraction of sp³-hybridized carbons (Fsp3) is 0.484. The molecule has 0 saturated carbocycles. The van der Waals surface area contributed by atoms with Crippen LogP contribution in [0.2, 0.25) is 0 Å². The molecule has 0 aliphatic heterocycles. The van der Waals surface area contributed by atoms with Gasteiger partial charge in [0.2, 0.25) is 0 Å². The molecule has 43 heavy (non-hydrogen) atoms.